The van der Waals surface area contributed by atoms with E-state index in [9.17, 15) is 23.3 Å². The van der Waals surface area contributed by atoms with E-state index >= 15 is 0 Å². The van der Waals surface area contributed by atoms with Crippen LogP contribution in [0.5, 0.6) is 28.7 Å². The minimum absolute atomic E-state index is 0.00763. The molecule has 5 aromatic rings. The Hall–Kier alpha value is -5.61. The number of ether oxygens (including phenoxy) is 3. The number of nitriles is 1. The third kappa shape index (κ3) is 13.3. The van der Waals surface area contributed by atoms with Gasteiger partial charge in [0.05, 0.1) is 66.7 Å². The predicted octanol–water partition coefficient (Wildman–Crippen LogP) is 11.2. The topological polar surface area (TPSA) is 132 Å². The highest BCUT2D eigenvalue weighted by Crippen LogP contribution is 2.41. The molecular formula is C54H66N3O7S2+. The molecule has 0 aliphatic carbocycles. The van der Waals surface area contributed by atoms with Gasteiger partial charge in [-0.15, -0.1) is 0 Å². The molecule has 0 aliphatic rings. The van der Waals surface area contributed by atoms with Gasteiger partial charge in [0.2, 0.25) is 15.7 Å². The van der Waals surface area contributed by atoms with E-state index in [4.69, 9.17) is 14.2 Å². The SMILES string of the molecule is CCCC[N+](C)(C)CCCNC(=O)C(C)(CSCC(=O)Cc1ccc(Oc2ccc(S(=O)(=O)c3ccc(Oc4ccc(C(C)(C)c5ccc(OC)cc5)cc4)cc3)cc2)cc1)C(C)(C)C#N. The number of thioether (sulfide) groups is 1. The Bertz CT molecular complexity index is 2530. The number of hydrogen-bond donors (Lipinski definition) is 1. The molecule has 0 bridgehead atoms. The van der Waals surface area contributed by atoms with Gasteiger partial charge < -0.3 is 24.0 Å². The van der Waals surface area contributed by atoms with Gasteiger partial charge in [-0.3, -0.25) is 9.59 Å². The van der Waals surface area contributed by atoms with Crippen LogP contribution in [0.2, 0.25) is 0 Å². The molecule has 12 heteroatoms. The molecule has 66 heavy (non-hydrogen) atoms. The van der Waals surface area contributed by atoms with Crippen LogP contribution in [0.15, 0.2) is 131 Å². The summed E-state index contributed by atoms with van der Waals surface area (Å²) in [5, 5.41) is 13.1. The summed E-state index contributed by atoms with van der Waals surface area (Å²) in [4.78, 5) is 26.8. The number of benzene rings is 5. The fourth-order valence-corrected chi connectivity index (χ4v) is 10.1. The summed E-state index contributed by atoms with van der Waals surface area (Å²) in [7, 11) is 2.25. The molecule has 0 fully saturated rings. The molecular weight excluding hydrogens is 867 g/mol. The van der Waals surface area contributed by atoms with Crippen LogP contribution in [0.25, 0.3) is 0 Å². The Morgan fingerprint density at radius 1 is 0.682 bits per heavy atom. The maximum absolute atomic E-state index is 13.5. The maximum atomic E-state index is 13.5. The standard InChI is InChI=1S/C54H65N3O7S2/c1-10-11-34-57(7,8)35-12-33-56-51(59)54(6,52(2,3)38-55)39-65-37-43(58)36-40-13-19-45(20-14-40)63-47-25-29-49(30-26-47)66(60,61)50-31-27-48(28-32-50)64-46-23-17-42(18-24-46)53(4,5)41-15-21-44(62-9)22-16-41/h13-32H,10-12,33-37,39H2,1-9H3/p+1. The molecule has 5 rings (SSSR count). The fraction of sp³-hybridized carbons (Fsp3) is 0.389. The molecule has 0 saturated heterocycles. The van der Waals surface area contributed by atoms with Gasteiger partial charge in [0.1, 0.15) is 34.5 Å². The summed E-state index contributed by atoms with van der Waals surface area (Å²) in [6.45, 7) is 14.5. The number of sulfone groups is 1. The van der Waals surface area contributed by atoms with Crippen molar-refractivity contribution in [2.75, 3.05) is 52.3 Å². The fourth-order valence-electron chi connectivity index (χ4n) is 7.47. The lowest BCUT2D eigenvalue weighted by Gasteiger charge is -2.38. The first-order chi connectivity index (χ1) is 31.2. The number of Topliss-reactive ketones (excluding diaryl/α,β-unsaturated/α-hetero) is 1. The van der Waals surface area contributed by atoms with Crippen molar-refractivity contribution in [3.63, 3.8) is 0 Å². The van der Waals surface area contributed by atoms with Crippen molar-refractivity contribution < 1.29 is 36.7 Å². The van der Waals surface area contributed by atoms with Crippen LogP contribution < -0.4 is 19.5 Å². The van der Waals surface area contributed by atoms with E-state index < -0.39 is 20.7 Å². The number of quaternary nitrogens is 1. The summed E-state index contributed by atoms with van der Waals surface area (Å²) in [6.07, 6.45) is 3.37. The summed E-state index contributed by atoms with van der Waals surface area (Å²) < 4.78 is 45.3. The first-order valence-corrected chi connectivity index (χ1v) is 25.1. The minimum Gasteiger partial charge on any atom is -0.497 e. The number of nitrogens with one attached hydrogen (secondary N) is 1. The molecule has 1 N–H and O–H groups in total. The third-order valence-corrected chi connectivity index (χ3v) is 15.7. The highest BCUT2D eigenvalue weighted by molar-refractivity contribution is 8.00. The number of amides is 1. The summed E-state index contributed by atoms with van der Waals surface area (Å²) in [5.74, 6) is 3.33. The van der Waals surface area contributed by atoms with Gasteiger partial charge in [0.15, 0.2) is 0 Å². The number of hydrogen-bond acceptors (Lipinski definition) is 9. The normalized spacial score (nSPS) is 13.0. The van der Waals surface area contributed by atoms with Gasteiger partial charge >= 0.3 is 0 Å². The van der Waals surface area contributed by atoms with Gasteiger partial charge in [-0.1, -0.05) is 63.6 Å². The predicted molar refractivity (Wildman–Crippen MR) is 264 cm³/mol. The van der Waals surface area contributed by atoms with Crippen LogP contribution in [-0.2, 0) is 31.3 Å². The molecule has 1 amide bonds. The summed E-state index contributed by atoms with van der Waals surface area (Å²) in [6, 6.07) is 38.0. The average molecular weight is 933 g/mol. The molecule has 5 aromatic carbocycles. The minimum atomic E-state index is -3.82. The molecule has 0 aromatic heterocycles. The quantitative estimate of drug-likeness (QED) is 0.0474. The van der Waals surface area contributed by atoms with E-state index in [0.29, 0.717) is 35.3 Å². The lowest BCUT2D eigenvalue weighted by molar-refractivity contribution is -0.890. The smallest absolute Gasteiger partial charge is 0.228 e. The number of rotatable bonds is 24. The van der Waals surface area contributed by atoms with Crippen LogP contribution >= 0.6 is 11.8 Å². The molecule has 0 aliphatic heterocycles. The number of nitrogens with zero attached hydrogens (tertiary/aromatic N) is 2. The number of carbonyl (C=O) groups excluding carboxylic acids is 2. The zero-order valence-electron chi connectivity index (χ0n) is 40.0. The van der Waals surface area contributed by atoms with Crippen LogP contribution in [0.3, 0.4) is 0 Å². The van der Waals surface area contributed by atoms with Gasteiger partial charge in [0, 0.05) is 30.6 Å². The van der Waals surface area contributed by atoms with Crippen molar-refractivity contribution in [3.8, 4) is 34.8 Å². The van der Waals surface area contributed by atoms with Crippen molar-refractivity contribution in [1.82, 2.24) is 5.32 Å². The highest BCUT2D eigenvalue weighted by atomic mass is 32.2. The van der Waals surface area contributed by atoms with Gasteiger partial charge in [-0.2, -0.15) is 17.0 Å². The Balaban J connectivity index is 1.09. The van der Waals surface area contributed by atoms with E-state index in [1.807, 2.05) is 55.5 Å². The van der Waals surface area contributed by atoms with E-state index in [-0.39, 0.29) is 39.1 Å². The largest absolute Gasteiger partial charge is 0.497 e. The lowest BCUT2D eigenvalue weighted by Crippen LogP contribution is -2.50. The van der Waals surface area contributed by atoms with Crippen LogP contribution in [0.1, 0.15) is 77.5 Å². The van der Waals surface area contributed by atoms with Crippen molar-refractivity contribution in [2.45, 2.75) is 82.4 Å². The van der Waals surface area contributed by atoms with Gasteiger partial charge in [-0.05, 0) is 129 Å². The van der Waals surface area contributed by atoms with Crippen LogP contribution in [-0.4, -0.2) is 76.9 Å². The number of carbonyl (C=O) groups is 2. The monoisotopic (exact) mass is 932 g/mol. The Morgan fingerprint density at radius 3 is 1.58 bits per heavy atom. The Kier molecular flexibility index (Phi) is 17.3. The molecule has 0 radical (unpaired) electrons. The van der Waals surface area contributed by atoms with Crippen molar-refractivity contribution in [2.24, 2.45) is 10.8 Å². The lowest BCUT2D eigenvalue weighted by atomic mass is 9.68. The molecule has 1 unspecified atom stereocenters. The van der Waals surface area contributed by atoms with Crippen molar-refractivity contribution >= 4 is 33.3 Å². The second-order valence-electron chi connectivity index (χ2n) is 18.8. The zero-order valence-corrected chi connectivity index (χ0v) is 41.6. The van der Waals surface area contributed by atoms with Crippen LogP contribution in [0, 0.1) is 22.2 Å². The van der Waals surface area contributed by atoms with Crippen molar-refractivity contribution in [3.05, 3.63) is 138 Å². The molecule has 10 nitrogen and oxygen atoms in total. The van der Waals surface area contributed by atoms with Crippen molar-refractivity contribution in [1.29, 1.82) is 5.26 Å². The number of unbranched alkanes of at least 4 members (excludes halogenated alkanes) is 1. The average Bonchev–Trinajstić information content (AvgIpc) is 3.30. The highest BCUT2D eigenvalue weighted by Gasteiger charge is 2.47. The van der Waals surface area contributed by atoms with E-state index in [2.05, 4.69) is 58.4 Å². The Labute approximate surface area is 397 Å². The van der Waals surface area contributed by atoms with Gasteiger partial charge in [-0.25, -0.2) is 8.42 Å². The second kappa shape index (κ2) is 22.3. The maximum Gasteiger partial charge on any atom is 0.228 e. The van der Waals surface area contributed by atoms with E-state index in [1.165, 1.54) is 36.0 Å². The van der Waals surface area contributed by atoms with E-state index in [1.54, 1.807) is 57.4 Å². The number of ketones is 1. The molecule has 1 atom stereocenters. The first kappa shape index (κ1) is 51.4. The molecule has 0 saturated carbocycles. The Morgan fingerprint density at radius 2 is 1.12 bits per heavy atom. The molecule has 0 spiro atoms. The van der Waals surface area contributed by atoms with E-state index in [0.717, 1.165) is 59.3 Å². The molecule has 350 valence electrons. The summed E-state index contributed by atoms with van der Waals surface area (Å²) in [5.41, 5.74) is 0.920. The zero-order chi connectivity index (χ0) is 48.2. The summed E-state index contributed by atoms with van der Waals surface area (Å²) >= 11 is 1.38. The number of methoxy groups -OCH3 is 1. The first-order valence-electron chi connectivity index (χ1n) is 22.5. The molecule has 0 heterocycles. The van der Waals surface area contributed by atoms with Gasteiger partial charge in [0.25, 0.3) is 0 Å². The third-order valence-electron chi connectivity index (χ3n) is 12.6. The van der Waals surface area contributed by atoms with Crippen LogP contribution in [0.4, 0.5) is 0 Å². The second-order valence-corrected chi connectivity index (χ2v) is 21.7.